The summed E-state index contributed by atoms with van der Waals surface area (Å²) in [5, 5.41) is 0. The van der Waals surface area contributed by atoms with Crippen LogP contribution in [-0.4, -0.2) is 22.6 Å². The number of carbonyl (C=O) groups excluding carboxylic acids is 1. The van der Waals surface area contributed by atoms with Gasteiger partial charge in [0.2, 0.25) is 0 Å². The van der Waals surface area contributed by atoms with Gasteiger partial charge in [-0.25, -0.2) is 22.9 Å². The number of nitrogens with zero attached hydrogens (tertiary/aromatic N) is 2. The Morgan fingerprint density at radius 3 is 2.35 bits per heavy atom. The molecule has 106 valence electrons. The first-order valence-electron chi connectivity index (χ1n) is 5.44. The zero-order valence-corrected chi connectivity index (χ0v) is 10.6. The first kappa shape index (κ1) is 13.9. The highest BCUT2D eigenvalue weighted by molar-refractivity contribution is 5.92. The molecule has 0 unspecified atom stereocenters. The first-order valence-corrected chi connectivity index (χ1v) is 5.44. The van der Waals surface area contributed by atoms with Crippen molar-refractivity contribution in [2.75, 3.05) is 12.8 Å². The number of aromatic nitrogens is 2. The van der Waals surface area contributed by atoms with E-state index in [1.54, 1.807) is 0 Å². The van der Waals surface area contributed by atoms with Gasteiger partial charge in [0.25, 0.3) is 0 Å². The van der Waals surface area contributed by atoms with E-state index >= 15 is 0 Å². The molecule has 1 heterocycles. The fraction of sp³-hybridized carbons (Fsp3) is 0.167. The Bertz CT molecular complexity index is 674. The highest BCUT2D eigenvalue weighted by Gasteiger charge is 2.24. The summed E-state index contributed by atoms with van der Waals surface area (Å²) in [6.07, 6.45) is 0. The van der Waals surface area contributed by atoms with Crippen LogP contribution in [0.15, 0.2) is 12.1 Å². The zero-order valence-electron chi connectivity index (χ0n) is 10.6. The molecule has 0 amide bonds. The largest absolute Gasteiger partial charge is 0.464 e. The Hall–Kier alpha value is -2.51. The third-order valence-corrected chi connectivity index (χ3v) is 2.66. The number of ether oxygens (including phenoxy) is 1. The van der Waals surface area contributed by atoms with E-state index in [4.69, 9.17) is 5.73 Å². The average Bonchev–Trinajstić information content (AvgIpc) is 2.65. The molecule has 0 radical (unpaired) electrons. The van der Waals surface area contributed by atoms with E-state index in [2.05, 4.69) is 9.72 Å². The van der Waals surface area contributed by atoms with Gasteiger partial charge in [0.15, 0.2) is 17.3 Å². The van der Waals surface area contributed by atoms with Crippen LogP contribution in [0.4, 0.5) is 19.0 Å². The number of methoxy groups -OCH3 is 1. The number of nitrogen functional groups attached to an aromatic ring is 1. The van der Waals surface area contributed by atoms with E-state index in [9.17, 15) is 18.0 Å². The second kappa shape index (κ2) is 4.87. The summed E-state index contributed by atoms with van der Waals surface area (Å²) >= 11 is 0. The number of hydrogen-bond donors (Lipinski definition) is 1. The molecule has 20 heavy (non-hydrogen) atoms. The quantitative estimate of drug-likeness (QED) is 0.856. The minimum absolute atomic E-state index is 0.0623. The molecule has 1 aromatic heterocycles. The van der Waals surface area contributed by atoms with Gasteiger partial charge in [-0.05, 0) is 6.92 Å². The van der Waals surface area contributed by atoms with Gasteiger partial charge >= 0.3 is 5.97 Å². The molecule has 0 aliphatic rings. The summed E-state index contributed by atoms with van der Waals surface area (Å²) < 4.78 is 45.7. The lowest BCUT2D eigenvalue weighted by atomic mass is 10.2. The number of carbonyl (C=O) groups is 1. The van der Waals surface area contributed by atoms with Gasteiger partial charge in [-0.2, -0.15) is 0 Å². The van der Waals surface area contributed by atoms with Gasteiger partial charge in [-0.15, -0.1) is 0 Å². The van der Waals surface area contributed by atoms with Crippen LogP contribution in [-0.2, 0) is 4.74 Å². The monoisotopic (exact) mass is 285 g/mol. The summed E-state index contributed by atoms with van der Waals surface area (Å²) in [5.41, 5.74) is 4.78. The van der Waals surface area contributed by atoms with Gasteiger partial charge < -0.3 is 10.5 Å². The van der Waals surface area contributed by atoms with E-state index in [1.807, 2.05) is 0 Å². The maximum Gasteiger partial charge on any atom is 0.360 e. The van der Waals surface area contributed by atoms with Crippen LogP contribution in [0, 0.1) is 24.4 Å². The Balaban J connectivity index is 2.71. The van der Waals surface area contributed by atoms with Crippen molar-refractivity contribution in [1.82, 2.24) is 9.55 Å². The number of aryl methyl sites for hydroxylation is 1. The summed E-state index contributed by atoms with van der Waals surface area (Å²) in [6.45, 7) is 1.39. The fourth-order valence-electron chi connectivity index (χ4n) is 1.83. The van der Waals surface area contributed by atoms with Crippen LogP contribution in [0.2, 0.25) is 0 Å². The molecular formula is C12H10F3N3O2. The third kappa shape index (κ3) is 2.09. The SMILES string of the molecule is COC(=O)c1nc(C)n(-c2c(F)cc(F)cc2F)c1N. The molecule has 0 atom stereocenters. The van der Waals surface area contributed by atoms with Crippen LogP contribution in [0.1, 0.15) is 16.3 Å². The normalized spacial score (nSPS) is 10.7. The highest BCUT2D eigenvalue weighted by atomic mass is 19.1. The minimum atomic E-state index is -1.16. The molecule has 0 saturated heterocycles. The molecule has 0 aliphatic heterocycles. The van der Waals surface area contributed by atoms with Gasteiger partial charge in [-0.3, -0.25) is 4.57 Å². The Kier molecular flexibility index (Phi) is 3.39. The number of anilines is 1. The van der Waals surface area contributed by atoms with Crippen molar-refractivity contribution in [3.8, 4) is 5.69 Å². The number of imidazole rings is 1. The molecule has 2 N–H and O–H groups in total. The van der Waals surface area contributed by atoms with Crippen LogP contribution in [0.5, 0.6) is 0 Å². The lowest BCUT2D eigenvalue weighted by Gasteiger charge is -2.10. The second-order valence-corrected chi connectivity index (χ2v) is 3.94. The van der Waals surface area contributed by atoms with Crippen molar-refractivity contribution in [1.29, 1.82) is 0 Å². The molecule has 0 fully saturated rings. The molecule has 0 bridgehead atoms. The highest BCUT2D eigenvalue weighted by Crippen LogP contribution is 2.26. The fourth-order valence-corrected chi connectivity index (χ4v) is 1.83. The van der Waals surface area contributed by atoms with Crippen LogP contribution >= 0.6 is 0 Å². The molecule has 0 saturated carbocycles. The standard InChI is InChI=1S/C12H10F3N3O2/c1-5-17-9(12(19)20-2)11(16)18(5)10-7(14)3-6(13)4-8(10)15/h3-4H,16H2,1-2H3. The molecule has 1 aromatic carbocycles. The minimum Gasteiger partial charge on any atom is -0.464 e. The van der Waals surface area contributed by atoms with Crippen LogP contribution < -0.4 is 5.73 Å². The number of esters is 1. The zero-order chi connectivity index (χ0) is 15.0. The number of benzene rings is 1. The second-order valence-electron chi connectivity index (χ2n) is 3.94. The molecule has 5 nitrogen and oxygen atoms in total. The average molecular weight is 285 g/mol. The maximum atomic E-state index is 13.7. The van der Waals surface area contributed by atoms with E-state index in [1.165, 1.54) is 6.92 Å². The molecule has 2 rings (SSSR count). The van der Waals surface area contributed by atoms with Crippen LogP contribution in [0.25, 0.3) is 5.69 Å². The Labute approximate surface area is 111 Å². The molecule has 2 aromatic rings. The van der Waals surface area contributed by atoms with Crippen LogP contribution in [0.3, 0.4) is 0 Å². The third-order valence-electron chi connectivity index (χ3n) is 2.66. The van der Waals surface area contributed by atoms with Crippen molar-refractivity contribution in [2.45, 2.75) is 6.92 Å². The summed E-state index contributed by atoms with van der Waals surface area (Å²) in [5.74, 6) is -4.45. The van der Waals surface area contributed by atoms with E-state index in [0.717, 1.165) is 11.7 Å². The number of hydrogen-bond acceptors (Lipinski definition) is 4. The van der Waals surface area contributed by atoms with Crippen molar-refractivity contribution in [3.63, 3.8) is 0 Å². The lowest BCUT2D eigenvalue weighted by molar-refractivity contribution is 0.0595. The van der Waals surface area contributed by atoms with Gasteiger partial charge in [-0.1, -0.05) is 0 Å². The van der Waals surface area contributed by atoms with Crippen molar-refractivity contribution >= 4 is 11.8 Å². The van der Waals surface area contributed by atoms with Crippen molar-refractivity contribution in [3.05, 3.63) is 41.1 Å². The van der Waals surface area contributed by atoms with E-state index < -0.39 is 29.1 Å². The summed E-state index contributed by atoms with van der Waals surface area (Å²) in [4.78, 5) is 15.2. The number of nitrogens with two attached hydrogens (primary N) is 1. The summed E-state index contributed by atoms with van der Waals surface area (Å²) in [7, 11) is 1.12. The predicted molar refractivity (Wildman–Crippen MR) is 63.9 cm³/mol. The first-order chi connectivity index (χ1) is 9.36. The summed E-state index contributed by atoms with van der Waals surface area (Å²) in [6, 6.07) is 1.02. The van der Waals surface area contributed by atoms with Gasteiger partial charge in [0.05, 0.1) is 7.11 Å². The van der Waals surface area contributed by atoms with E-state index in [-0.39, 0.29) is 17.3 Å². The number of halogens is 3. The number of rotatable bonds is 2. The smallest absolute Gasteiger partial charge is 0.360 e. The van der Waals surface area contributed by atoms with Gasteiger partial charge in [0.1, 0.15) is 23.1 Å². The molecule has 0 aliphatic carbocycles. The van der Waals surface area contributed by atoms with Gasteiger partial charge in [0, 0.05) is 12.1 Å². The maximum absolute atomic E-state index is 13.7. The Morgan fingerprint density at radius 2 is 1.85 bits per heavy atom. The van der Waals surface area contributed by atoms with Crippen molar-refractivity contribution in [2.24, 2.45) is 0 Å². The molecular weight excluding hydrogens is 275 g/mol. The predicted octanol–water partition coefficient (Wildman–Crippen LogP) is 1.97. The Morgan fingerprint density at radius 1 is 1.30 bits per heavy atom. The molecule has 8 heteroatoms. The van der Waals surface area contributed by atoms with E-state index in [0.29, 0.717) is 12.1 Å². The topological polar surface area (TPSA) is 70.1 Å². The van der Waals surface area contributed by atoms with Crippen molar-refractivity contribution < 1.29 is 22.7 Å². The molecule has 0 spiro atoms. The lowest BCUT2D eigenvalue weighted by Crippen LogP contribution is -2.10.